The topological polar surface area (TPSA) is 42.7 Å². The van der Waals surface area contributed by atoms with Gasteiger partial charge in [0, 0.05) is 11.4 Å². The summed E-state index contributed by atoms with van der Waals surface area (Å²) in [5.41, 5.74) is 1.07. The lowest BCUT2D eigenvalue weighted by Crippen LogP contribution is -2.24. The van der Waals surface area contributed by atoms with E-state index < -0.39 is 0 Å². The minimum absolute atomic E-state index is 0.0732. The van der Waals surface area contributed by atoms with E-state index in [1.165, 1.54) is 0 Å². The van der Waals surface area contributed by atoms with Crippen molar-refractivity contribution in [3.8, 4) is 0 Å². The first-order valence-electron chi connectivity index (χ1n) is 6.12. The summed E-state index contributed by atoms with van der Waals surface area (Å²) >= 11 is 7.90. The van der Waals surface area contributed by atoms with E-state index in [1.807, 2.05) is 22.3 Å². The van der Waals surface area contributed by atoms with Gasteiger partial charge in [0.2, 0.25) is 0 Å². The lowest BCUT2D eigenvalue weighted by atomic mass is 10.1. The second-order valence-corrected chi connectivity index (χ2v) is 5.36. The van der Waals surface area contributed by atoms with Crippen LogP contribution in [0.2, 0.25) is 5.02 Å². The molecule has 2 aromatic heterocycles. The van der Waals surface area contributed by atoms with Crippen molar-refractivity contribution in [2.75, 3.05) is 6.54 Å². The Bertz CT molecular complexity index is 494. The van der Waals surface area contributed by atoms with Crippen LogP contribution < -0.4 is 5.32 Å². The summed E-state index contributed by atoms with van der Waals surface area (Å²) in [6, 6.07) is 2.00. The minimum atomic E-state index is 0.0732. The summed E-state index contributed by atoms with van der Waals surface area (Å²) < 4.78 is 1.95. The fourth-order valence-corrected chi connectivity index (χ4v) is 3.17. The zero-order valence-electron chi connectivity index (χ0n) is 10.6. The van der Waals surface area contributed by atoms with Gasteiger partial charge in [0.15, 0.2) is 0 Å². The van der Waals surface area contributed by atoms with E-state index in [1.54, 1.807) is 11.3 Å². The Kier molecular flexibility index (Phi) is 4.74. The second kappa shape index (κ2) is 6.31. The summed E-state index contributed by atoms with van der Waals surface area (Å²) in [6.07, 6.45) is 2.85. The van der Waals surface area contributed by atoms with E-state index in [2.05, 4.69) is 29.5 Å². The molecule has 0 spiro atoms. The van der Waals surface area contributed by atoms with Gasteiger partial charge in [-0.3, -0.25) is 0 Å². The summed E-state index contributed by atoms with van der Waals surface area (Å²) in [4.78, 5) is 1.12. The molecule has 0 aliphatic carbocycles. The molecule has 1 unspecified atom stereocenters. The average molecular weight is 285 g/mol. The predicted octanol–water partition coefficient (Wildman–Crippen LogP) is 3.10. The van der Waals surface area contributed by atoms with Crippen LogP contribution in [0.15, 0.2) is 17.6 Å². The summed E-state index contributed by atoms with van der Waals surface area (Å²) in [5, 5.41) is 14.4. The van der Waals surface area contributed by atoms with Crippen molar-refractivity contribution in [1.29, 1.82) is 0 Å². The average Bonchev–Trinajstić information content (AvgIpc) is 2.96. The minimum Gasteiger partial charge on any atom is -0.304 e. The number of rotatable bonds is 6. The highest BCUT2D eigenvalue weighted by Crippen LogP contribution is 2.32. The van der Waals surface area contributed by atoms with Gasteiger partial charge in [0.25, 0.3) is 0 Å². The Morgan fingerprint density at radius 3 is 2.94 bits per heavy atom. The van der Waals surface area contributed by atoms with Crippen molar-refractivity contribution >= 4 is 22.9 Å². The van der Waals surface area contributed by atoms with Crippen LogP contribution in [0.1, 0.15) is 36.9 Å². The van der Waals surface area contributed by atoms with Gasteiger partial charge in [-0.25, -0.2) is 4.68 Å². The van der Waals surface area contributed by atoms with Crippen molar-refractivity contribution in [2.24, 2.45) is 0 Å². The maximum absolute atomic E-state index is 6.24. The predicted molar refractivity (Wildman–Crippen MR) is 75.2 cm³/mol. The molecule has 2 rings (SSSR count). The van der Waals surface area contributed by atoms with E-state index in [9.17, 15) is 0 Å². The zero-order valence-corrected chi connectivity index (χ0v) is 12.1. The highest BCUT2D eigenvalue weighted by Gasteiger charge is 2.21. The van der Waals surface area contributed by atoms with Gasteiger partial charge in [-0.05, 0) is 24.4 Å². The first kappa shape index (κ1) is 13.5. The Labute approximate surface area is 116 Å². The van der Waals surface area contributed by atoms with Crippen molar-refractivity contribution in [3.63, 3.8) is 0 Å². The van der Waals surface area contributed by atoms with E-state index in [-0.39, 0.29) is 6.04 Å². The third-order valence-corrected chi connectivity index (χ3v) is 4.12. The molecule has 0 saturated heterocycles. The van der Waals surface area contributed by atoms with Gasteiger partial charge < -0.3 is 5.32 Å². The van der Waals surface area contributed by atoms with E-state index in [0.29, 0.717) is 0 Å². The molecule has 18 heavy (non-hydrogen) atoms. The van der Waals surface area contributed by atoms with Crippen LogP contribution in [0.5, 0.6) is 0 Å². The number of nitrogens with zero attached hydrogens (tertiary/aromatic N) is 3. The number of aryl methyl sites for hydroxylation is 1. The fourth-order valence-electron chi connectivity index (χ4n) is 1.92. The fraction of sp³-hybridized carbons (Fsp3) is 0.500. The highest BCUT2D eigenvalue weighted by atomic mass is 35.5. The smallest absolute Gasteiger partial charge is 0.0873 e. The van der Waals surface area contributed by atoms with Crippen molar-refractivity contribution in [1.82, 2.24) is 20.3 Å². The van der Waals surface area contributed by atoms with Crippen molar-refractivity contribution < 1.29 is 0 Å². The number of halogens is 1. The molecule has 0 radical (unpaired) electrons. The highest BCUT2D eigenvalue weighted by molar-refractivity contribution is 7.10. The first-order valence-corrected chi connectivity index (χ1v) is 7.38. The molecule has 98 valence electrons. The van der Waals surface area contributed by atoms with Gasteiger partial charge in [-0.15, -0.1) is 16.4 Å². The van der Waals surface area contributed by atoms with Crippen LogP contribution in [0, 0.1) is 0 Å². The number of nitrogens with one attached hydrogen (secondary N) is 1. The molecule has 4 nitrogen and oxygen atoms in total. The van der Waals surface area contributed by atoms with E-state index in [0.717, 1.165) is 35.1 Å². The number of thiophene rings is 1. The van der Waals surface area contributed by atoms with Gasteiger partial charge >= 0.3 is 0 Å². The van der Waals surface area contributed by atoms with Crippen LogP contribution >= 0.6 is 22.9 Å². The molecule has 1 N–H and O–H groups in total. The van der Waals surface area contributed by atoms with Crippen LogP contribution in [-0.2, 0) is 6.54 Å². The molecule has 6 heteroatoms. The molecule has 1 atom stereocenters. The molecule has 0 saturated carbocycles. The monoisotopic (exact) mass is 284 g/mol. The molecule has 0 bridgehead atoms. The molecule has 0 amide bonds. The van der Waals surface area contributed by atoms with E-state index in [4.69, 9.17) is 11.6 Å². The number of hydrogen-bond donors (Lipinski definition) is 1. The Morgan fingerprint density at radius 2 is 2.33 bits per heavy atom. The van der Waals surface area contributed by atoms with Crippen LogP contribution in [0.3, 0.4) is 0 Å². The lowest BCUT2D eigenvalue weighted by molar-refractivity contribution is 0.515. The SMILES string of the molecule is CCCn1nncc1C(NCC)c1sccc1Cl. The summed E-state index contributed by atoms with van der Waals surface area (Å²) in [7, 11) is 0. The molecule has 2 aromatic rings. The van der Waals surface area contributed by atoms with E-state index >= 15 is 0 Å². The molecular weight excluding hydrogens is 268 g/mol. The molecule has 0 aliphatic heterocycles. The normalized spacial score (nSPS) is 12.8. The van der Waals surface area contributed by atoms with Crippen molar-refractivity contribution in [3.05, 3.63) is 33.2 Å². The number of aromatic nitrogens is 3. The second-order valence-electron chi connectivity index (χ2n) is 4.01. The van der Waals surface area contributed by atoms with Gasteiger partial charge in [0.05, 0.1) is 23.0 Å². The van der Waals surface area contributed by atoms with Crippen LogP contribution in [-0.4, -0.2) is 21.5 Å². The summed E-state index contributed by atoms with van der Waals surface area (Å²) in [5.74, 6) is 0. The number of hydrogen-bond acceptors (Lipinski definition) is 4. The molecule has 0 aliphatic rings. The molecule has 0 aromatic carbocycles. The van der Waals surface area contributed by atoms with Crippen LogP contribution in [0.4, 0.5) is 0 Å². The third kappa shape index (κ3) is 2.74. The Hall–Kier alpha value is -0.910. The largest absolute Gasteiger partial charge is 0.304 e. The zero-order chi connectivity index (χ0) is 13.0. The lowest BCUT2D eigenvalue weighted by Gasteiger charge is -2.17. The van der Waals surface area contributed by atoms with Crippen LogP contribution in [0.25, 0.3) is 0 Å². The van der Waals surface area contributed by atoms with Gasteiger partial charge in [-0.2, -0.15) is 0 Å². The van der Waals surface area contributed by atoms with Gasteiger partial charge in [0.1, 0.15) is 0 Å². The maximum atomic E-state index is 6.24. The first-order chi connectivity index (χ1) is 8.77. The quantitative estimate of drug-likeness (QED) is 0.886. The maximum Gasteiger partial charge on any atom is 0.0873 e. The standard InChI is InChI=1S/C12H17ClN4S/c1-3-6-17-10(8-15-16-17)11(14-4-2)12-9(13)5-7-18-12/h5,7-8,11,14H,3-4,6H2,1-2H3. The Morgan fingerprint density at radius 1 is 1.50 bits per heavy atom. The third-order valence-electron chi connectivity index (χ3n) is 2.69. The molecule has 2 heterocycles. The summed E-state index contributed by atoms with van der Waals surface area (Å²) in [6.45, 7) is 5.96. The van der Waals surface area contributed by atoms with Gasteiger partial charge in [-0.1, -0.05) is 30.7 Å². The molecular formula is C12H17ClN4S. The Balaban J connectivity index is 2.35. The van der Waals surface area contributed by atoms with Crippen molar-refractivity contribution in [2.45, 2.75) is 32.9 Å². The molecule has 0 fully saturated rings.